The number of para-hydroxylation sites is 1. The fourth-order valence-electron chi connectivity index (χ4n) is 3.35. The van der Waals surface area contributed by atoms with Gasteiger partial charge in [-0.3, -0.25) is 14.2 Å². The maximum atomic E-state index is 13.4. The second kappa shape index (κ2) is 9.42. The zero-order chi connectivity index (χ0) is 21.0. The Kier molecular flexibility index (Phi) is 6.93. The van der Waals surface area contributed by atoms with E-state index in [1.807, 2.05) is 19.1 Å². The van der Waals surface area contributed by atoms with Crippen molar-refractivity contribution in [3.8, 4) is 5.69 Å². The van der Waals surface area contributed by atoms with E-state index in [0.29, 0.717) is 34.0 Å². The van der Waals surface area contributed by atoms with Crippen LogP contribution in [0.1, 0.15) is 38.6 Å². The topological polar surface area (TPSA) is 55.2 Å². The van der Waals surface area contributed by atoms with Crippen LogP contribution in [0.3, 0.4) is 0 Å². The Balaban J connectivity index is 2.24. The lowest BCUT2D eigenvalue weighted by atomic mass is 10.1. The number of fused-ring (bicyclic) bond motifs is 1. The van der Waals surface area contributed by atoms with Gasteiger partial charge in [-0.05, 0) is 49.7 Å². The van der Waals surface area contributed by atoms with Crippen molar-refractivity contribution in [2.75, 3.05) is 12.4 Å². The summed E-state index contributed by atoms with van der Waals surface area (Å²) in [5, 5.41) is 1.09. The molecule has 3 rings (SSSR count). The lowest BCUT2D eigenvalue weighted by Crippen LogP contribution is -2.38. The number of halogens is 2. The minimum atomic E-state index is -0.430. The minimum Gasteiger partial charge on any atom is -0.332 e. The maximum Gasteiger partial charge on any atom is 0.266 e. The molecule has 29 heavy (non-hydrogen) atoms. The van der Waals surface area contributed by atoms with Gasteiger partial charge in [-0.1, -0.05) is 37.1 Å². The second-order valence-corrected chi connectivity index (χ2v) is 7.56. The normalized spacial score (nSPS) is 12.1. The number of nitrogens with zero attached hydrogens (tertiary/aromatic N) is 3. The molecule has 0 aliphatic carbocycles. The number of rotatable bonds is 7. The highest BCUT2D eigenvalue weighted by molar-refractivity contribution is 6.30. The van der Waals surface area contributed by atoms with Gasteiger partial charge in [-0.15, -0.1) is 11.6 Å². The van der Waals surface area contributed by atoms with Gasteiger partial charge < -0.3 is 4.90 Å². The van der Waals surface area contributed by atoms with Gasteiger partial charge in [0.2, 0.25) is 5.91 Å². The number of alkyl halides is 1. The van der Waals surface area contributed by atoms with Gasteiger partial charge in [-0.25, -0.2) is 4.98 Å². The Morgan fingerprint density at radius 3 is 2.52 bits per heavy atom. The van der Waals surface area contributed by atoms with Crippen LogP contribution in [0.2, 0.25) is 5.02 Å². The molecule has 5 nitrogen and oxygen atoms in total. The predicted molar refractivity (Wildman–Crippen MR) is 118 cm³/mol. The van der Waals surface area contributed by atoms with Crippen LogP contribution >= 0.6 is 23.2 Å². The van der Waals surface area contributed by atoms with E-state index < -0.39 is 6.04 Å². The Bertz CT molecular complexity index is 1060. The van der Waals surface area contributed by atoms with Gasteiger partial charge in [0, 0.05) is 11.6 Å². The Morgan fingerprint density at radius 2 is 1.86 bits per heavy atom. The second-order valence-electron chi connectivity index (χ2n) is 6.85. The summed E-state index contributed by atoms with van der Waals surface area (Å²) >= 11 is 11.9. The van der Waals surface area contributed by atoms with Crippen LogP contribution in [-0.2, 0) is 4.79 Å². The van der Waals surface area contributed by atoms with Crippen LogP contribution in [-0.4, -0.2) is 32.8 Å². The van der Waals surface area contributed by atoms with Crippen molar-refractivity contribution in [2.45, 2.75) is 32.7 Å². The van der Waals surface area contributed by atoms with Crippen LogP contribution in [0.5, 0.6) is 0 Å². The van der Waals surface area contributed by atoms with E-state index in [1.54, 1.807) is 45.9 Å². The van der Waals surface area contributed by atoms with Crippen molar-refractivity contribution in [3.05, 3.63) is 69.7 Å². The zero-order valence-corrected chi connectivity index (χ0v) is 18.0. The van der Waals surface area contributed by atoms with Gasteiger partial charge >= 0.3 is 0 Å². The average molecular weight is 432 g/mol. The van der Waals surface area contributed by atoms with Gasteiger partial charge in [0.05, 0.1) is 22.6 Å². The van der Waals surface area contributed by atoms with Gasteiger partial charge in [0.25, 0.3) is 5.56 Å². The van der Waals surface area contributed by atoms with Crippen molar-refractivity contribution in [2.24, 2.45) is 0 Å². The fraction of sp³-hybridized carbons (Fsp3) is 0.318. The molecule has 0 N–H and O–H groups in total. The Morgan fingerprint density at radius 1 is 1.17 bits per heavy atom. The maximum absolute atomic E-state index is 13.4. The average Bonchev–Trinajstić information content (AvgIpc) is 2.74. The molecule has 2 aromatic carbocycles. The largest absolute Gasteiger partial charge is 0.332 e. The summed E-state index contributed by atoms with van der Waals surface area (Å²) in [7, 11) is 0. The molecular weight excluding hydrogens is 409 g/mol. The molecule has 1 aromatic heterocycles. The van der Waals surface area contributed by atoms with E-state index in [-0.39, 0.29) is 17.3 Å². The lowest BCUT2D eigenvalue weighted by molar-refractivity contribution is -0.130. The molecule has 1 atom stereocenters. The summed E-state index contributed by atoms with van der Waals surface area (Å²) in [6.45, 7) is 4.49. The van der Waals surface area contributed by atoms with Crippen LogP contribution in [0.4, 0.5) is 0 Å². The van der Waals surface area contributed by atoms with E-state index in [1.165, 1.54) is 0 Å². The van der Waals surface area contributed by atoms with E-state index in [0.717, 1.165) is 12.8 Å². The summed E-state index contributed by atoms with van der Waals surface area (Å²) in [6.07, 6.45) is 1.78. The number of unbranched alkanes of at least 4 members (excludes halogenated alkanes) is 1. The highest BCUT2D eigenvalue weighted by Gasteiger charge is 2.26. The molecular formula is C22H23Cl2N3O2. The first-order chi connectivity index (χ1) is 14.0. The number of carbonyl (C=O) groups excluding carboxylic acids is 1. The molecule has 0 saturated carbocycles. The molecule has 0 fully saturated rings. The molecule has 1 heterocycles. The number of hydrogen-bond acceptors (Lipinski definition) is 3. The number of amides is 1. The smallest absolute Gasteiger partial charge is 0.266 e. The third-order valence-corrected chi connectivity index (χ3v) is 5.40. The zero-order valence-electron chi connectivity index (χ0n) is 16.4. The van der Waals surface area contributed by atoms with Crippen molar-refractivity contribution < 1.29 is 4.79 Å². The van der Waals surface area contributed by atoms with E-state index in [9.17, 15) is 9.59 Å². The summed E-state index contributed by atoms with van der Waals surface area (Å²) in [5.41, 5.74) is 1.06. The van der Waals surface area contributed by atoms with E-state index >= 15 is 0 Å². The fourth-order valence-corrected chi connectivity index (χ4v) is 3.63. The summed E-state index contributed by atoms with van der Waals surface area (Å²) in [4.78, 5) is 32.4. The summed E-state index contributed by atoms with van der Waals surface area (Å²) < 4.78 is 1.56. The third kappa shape index (κ3) is 4.46. The molecule has 1 amide bonds. The van der Waals surface area contributed by atoms with Crippen molar-refractivity contribution in [1.29, 1.82) is 0 Å². The molecule has 7 heteroatoms. The molecule has 0 radical (unpaired) electrons. The van der Waals surface area contributed by atoms with E-state index in [4.69, 9.17) is 28.2 Å². The highest BCUT2D eigenvalue weighted by atomic mass is 35.5. The number of hydrogen-bond donors (Lipinski definition) is 0. The molecule has 0 aliphatic heterocycles. The van der Waals surface area contributed by atoms with Gasteiger partial charge in [0.1, 0.15) is 11.7 Å². The van der Waals surface area contributed by atoms with E-state index in [2.05, 4.69) is 6.92 Å². The SMILES string of the molecule is CCCCN(C(=O)CCl)C(C)c1nc2ccccc2c(=O)n1-c1ccc(Cl)cc1. The molecule has 0 bridgehead atoms. The van der Waals surface area contributed by atoms with Crippen molar-refractivity contribution in [3.63, 3.8) is 0 Å². The van der Waals surface area contributed by atoms with Gasteiger partial charge in [0.15, 0.2) is 0 Å². The molecule has 152 valence electrons. The predicted octanol–water partition coefficient (Wildman–Crippen LogP) is 4.97. The molecule has 0 aliphatic rings. The number of aromatic nitrogens is 2. The highest BCUT2D eigenvalue weighted by Crippen LogP contribution is 2.24. The van der Waals surface area contributed by atoms with Crippen LogP contribution in [0, 0.1) is 0 Å². The van der Waals surface area contributed by atoms with Crippen molar-refractivity contribution >= 4 is 40.0 Å². The number of benzene rings is 2. The molecule has 0 saturated heterocycles. The van der Waals surface area contributed by atoms with Crippen LogP contribution in [0.15, 0.2) is 53.3 Å². The van der Waals surface area contributed by atoms with Crippen LogP contribution in [0.25, 0.3) is 16.6 Å². The third-order valence-electron chi connectivity index (χ3n) is 4.91. The first kappa shape index (κ1) is 21.3. The standard InChI is InChI=1S/C22H23Cl2N3O2/c1-3-4-13-26(20(28)14-23)15(2)21-25-19-8-6-5-7-18(19)22(29)27(21)17-11-9-16(24)10-12-17/h5-12,15H,3-4,13-14H2,1-2H3. The quantitative estimate of drug-likeness (QED) is 0.496. The summed E-state index contributed by atoms with van der Waals surface area (Å²) in [5.74, 6) is 0.190. The monoisotopic (exact) mass is 431 g/mol. The molecule has 0 spiro atoms. The van der Waals surface area contributed by atoms with Crippen LogP contribution < -0.4 is 5.56 Å². The Hall–Kier alpha value is -2.37. The van der Waals surface area contributed by atoms with Crippen molar-refractivity contribution in [1.82, 2.24) is 14.5 Å². The minimum absolute atomic E-state index is 0.118. The molecule has 1 unspecified atom stereocenters. The van der Waals surface area contributed by atoms with Gasteiger partial charge in [-0.2, -0.15) is 0 Å². The first-order valence-electron chi connectivity index (χ1n) is 9.61. The number of carbonyl (C=O) groups is 1. The Labute approximate surface area is 179 Å². The summed E-state index contributed by atoms with van der Waals surface area (Å²) in [6, 6.07) is 13.8. The lowest BCUT2D eigenvalue weighted by Gasteiger charge is -2.30. The molecule has 3 aromatic rings. The first-order valence-corrected chi connectivity index (χ1v) is 10.5.